The molecule has 0 unspecified atom stereocenters. The van der Waals surface area contributed by atoms with Crippen molar-refractivity contribution in [2.45, 2.75) is 26.7 Å². The summed E-state index contributed by atoms with van der Waals surface area (Å²) >= 11 is 0. The number of hydrogen-bond acceptors (Lipinski definition) is 3. The summed E-state index contributed by atoms with van der Waals surface area (Å²) < 4.78 is 5.13. The maximum Gasteiger partial charge on any atom is 0.339 e. The SMILES string of the molecule is CCOC(=O)c1cc2c(nc1CC)-c1ccccc1C2. The van der Waals surface area contributed by atoms with Gasteiger partial charge in [0.15, 0.2) is 0 Å². The first-order valence-electron chi connectivity index (χ1n) is 7.02. The lowest BCUT2D eigenvalue weighted by atomic mass is 10.1. The van der Waals surface area contributed by atoms with Crippen molar-refractivity contribution in [2.75, 3.05) is 6.61 Å². The van der Waals surface area contributed by atoms with Crippen molar-refractivity contribution in [2.24, 2.45) is 0 Å². The standard InChI is InChI=1S/C17H17NO2/c1-3-15-14(17(19)20-4-2)10-12-9-11-7-5-6-8-13(11)16(12)18-15/h5-8,10H,3-4,9H2,1-2H3. The third-order valence-corrected chi connectivity index (χ3v) is 3.66. The molecule has 3 heteroatoms. The summed E-state index contributed by atoms with van der Waals surface area (Å²) in [4.78, 5) is 16.8. The van der Waals surface area contributed by atoms with E-state index in [1.54, 1.807) is 0 Å². The summed E-state index contributed by atoms with van der Waals surface area (Å²) in [6.45, 7) is 4.22. The lowest BCUT2D eigenvalue weighted by Gasteiger charge is -2.09. The number of carbonyl (C=O) groups is 1. The average molecular weight is 267 g/mol. The molecule has 0 saturated carbocycles. The van der Waals surface area contributed by atoms with Gasteiger partial charge in [-0.1, -0.05) is 31.2 Å². The number of aromatic nitrogens is 1. The molecule has 1 aliphatic carbocycles. The lowest BCUT2D eigenvalue weighted by Crippen LogP contribution is -2.10. The third-order valence-electron chi connectivity index (χ3n) is 3.66. The average Bonchev–Trinajstić information content (AvgIpc) is 2.83. The van der Waals surface area contributed by atoms with Crippen LogP contribution in [0.1, 0.15) is 41.0 Å². The van der Waals surface area contributed by atoms with Crippen LogP contribution in [0.2, 0.25) is 0 Å². The van der Waals surface area contributed by atoms with Crippen molar-refractivity contribution in [3.05, 3.63) is 52.7 Å². The number of ether oxygens (including phenoxy) is 1. The quantitative estimate of drug-likeness (QED) is 0.683. The van der Waals surface area contributed by atoms with Gasteiger partial charge in [-0.2, -0.15) is 0 Å². The summed E-state index contributed by atoms with van der Waals surface area (Å²) in [5.41, 5.74) is 6.03. The van der Waals surface area contributed by atoms with E-state index in [1.807, 2.05) is 32.0 Å². The number of benzene rings is 1. The van der Waals surface area contributed by atoms with E-state index >= 15 is 0 Å². The van der Waals surface area contributed by atoms with Crippen LogP contribution in [0.25, 0.3) is 11.3 Å². The molecule has 0 fully saturated rings. The van der Waals surface area contributed by atoms with Crippen LogP contribution in [0.5, 0.6) is 0 Å². The van der Waals surface area contributed by atoms with Gasteiger partial charge in [-0.3, -0.25) is 4.98 Å². The second-order valence-corrected chi connectivity index (χ2v) is 4.90. The Morgan fingerprint density at radius 3 is 2.80 bits per heavy atom. The Labute approximate surface area is 118 Å². The van der Waals surface area contributed by atoms with Crippen LogP contribution in [-0.2, 0) is 17.6 Å². The molecule has 1 heterocycles. The molecule has 3 nitrogen and oxygen atoms in total. The van der Waals surface area contributed by atoms with Gasteiger partial charge in [0.05, 0.1) is 23.6 Å². The van der Waals surface area contributed by atoms with Gasteiger partial charge in [-0.15, -0.1) is 0 Å². The van der Waals surface area contributed by atoms with E-state index in [4.69, 9.17) is 9.72 Å². The van der Waals surface area contributed by atoms with Crippen molar-refractivity contribution < 1.29 is 9.53 Å². The summed E-state index contributed by atoms with van der Waals surface area (Å²) in [6.07, 6.45) is 1.57. The second kappa shape index (κ2) is 5.08. The second-order valence-electron chi connectivity index (χ2n) is 4.90. The Hall–Kier alpha value is -2.16. The maximum absolute atomic E-state index is 12.0. The van der Waals surface area contributed by atoms with Gasteiger partial charge in [0, 0.05) is 12.0 Å². The van der Waals surface area contributed by atoms with Gasteiger partial charge in [0.1, 0.15) is 0 Å². The third kappa shape index (κ3) is 1.99. The van der Waals surface area contributed by atoms with Crippen LogP contribution < -0.4 is 0 Å². The smallest absolute Gasteiger partial charge is 0.339 e. The Kier molecular flexibility index (Phi) is 3.26. The number of pyridine rings is 1. The van der Waals surface area contributed by atoms with Crippen LogP contribution >= 0.6 is 0 Å². The highest BCUT2D eigenvalue weighted by Gasteiger charge is 2.23. The summed E-state index contributed by atoms with van der Waals surface area (Å²) in [7, 11) is 0. The maximum atomic E-state index is 12.0. The van der Waals surface area contributed by atoms with E-state index in [0.29, 0.717) is 12.2 Å². The summed E-state index contributed by atoms with van der Waals surface area (Å²) in [5, 5.41) is 0. The highest BCUT2D eigenvalue weighted by atomic mass is 16.5. The fourth-order valence-electron chi connectivity index (χ4n) is 2.73. The molecule has 20 heavy (non-hydrogen) atoms. The van der Waals surface area contributed by atoms with Crippen molar-refractivity contribution in [1.82, 2.24) is 4.98 Å². The lowest BCUT2D eigenvalue weighted by molar-refractivity contribution is 0.0524. The highest BCUT2D eigenvalue weighted by molar-refractivity contribution is 5.92. The molecule has 102 valence electrons. The Bertz CT molecular complexity index is 677. The minimum absolute atomic E-state index is 0.268. The van der Waals surface area contributed by atoms with Crippen LogP contribution in [0.4, 0.5) is 0 Å². The molecule has 1 aromatic heterocycles. The van der Waals surface area contributed by atoms with Crippen molar-refractivity contribution >= 4 is 5.97 Å². The van der Waals surface area contributed by atoms with Gasteiger partial charge in [-0.25, -0.2) is 4.79 Å². The Balaban J connectivity index is 2.11. The summed E-state index contributed by atoms with van der Waals surface area (Å²) in [6, 6.07) is 10.2. The molecule has 1 aliphatic rings. The van der Waals surface area contributed by atoms with Gasteiger partial charge < -0.3 is 4.74 Å². The number of hydrogen-bond donors (Lipinski definition) is 0. The normalized spacial score (nSPS) is 11.9. The van der Waals surface area contributed by atoms with Crippen molar-refractivity contribution in [3.8, 4) is 11.3 Å². The molecule has 0 radical (unpaired) electrons. The molecule has 0 saturated heterocycles. The fraction of sp³-hybridized carbons (Fsp3) is 0.294. The topological polar surface area (TPSA) is 39.2 Å². The summed E-state index contributed by atoms with van der Waals surface area (Å²) in [5.74, 6) is -0.268. The fourth-order valence-corrected chi connectivity index (χ4v) is 2.73. The zero-order chi connectivity index (χ0) is 14.1. The first-order valence-corrected chi connectivity index (χ1v) is 7.02. The molecule has 3 rings (SSSR count). The van der Waals surface area contributed by atoms with E-state index in [9.17, 15) is 4.79 Å². The van der Waals surface area contributed by atoms with Gasteiger partial charge in [0.25, 0.3) is 0 Å². The van der Waals surface area contributed by atoms with Gasteiger partial charge >= 0.3 is 5.97 Å². The van der Waals surface area contributed by atoms with Crippen molar-refractivity contribution in [3.63, 3.8) is 0 Å². The number of nitrogens with zero attached hydrogens (tertiary/aromatic N) is 1. The molecule has 1 aromatic carbocycles. The molecule has 0 spiro atoms. The minimum atomic E-state index is -0.268. The number of rotatable bonds is 3. The molecule has 2 aromatic rings. The van der Waals surface area contributed by atoms with Crippen LogP contribution in [0.3, 0.4) is 0 Å². The van der Waals surface area contributed by atoms with E-state index in [2.05, 4.69) is 12.1 Å². The molecule has 0 bridgehead atoms. The predicted octanol–water partition coefficient (Wildman–Crippen LogP) is 3.39. The first kappa shape index (κ1) is 12.9. The van der Waals surface area contributed by atoms with Crippen LogP contribution in [0.15, 0.2) is 30.3 Å². The monoisotopic (exact) mass is 267 g/mol. The largest absolute Gasteiger partial charge is 0.462 e. The zero-order valence-corrected chi connectivity index (χ0v) is 11.8. The Morgan fingerprint density at radius 1 is 1.25 bits per heavy atom. The molecule has 0 aliphatic heterocycles. The molecular weight excluding hydrogens is 250 g/mol. The van der Waals surface area contributed by atoms with E-state index < -0.39 is 0 Å². The Morgan fingerprint density at radius 2 is 2.05 bits per heavy atom. The van der Waals surface area contributed by atoms with Gasteiger partial charge in [0.2, 0.25) is 0 Å². The van der Waals surface area contributed by atoms with Crippen molar-refractivity contribution in [1.29, 1.82) is 0 Å². The highest BCUT2D eigenvalue weighted by Crippen LogP contribution is 2.36. The van der Waals surface area contributed by atoms with Gasteiger partial charge in [-0.05, 0) is 30.5 Å². The zero-order valence-electron chi connectivity index (χ0n) is 11.8. The van der Waals surface area contributed by atoms with Crippen LogP contribution in [-0.4, -0.2) is 17.6 Å². The van der Waals surface area contributed by atoms with E-state index in [0.717, 1.165) is 29.8 Å². The molecular formula is C17H17NO2. The first-order chi connectivity index (χ1) is 9.74. The molecule has 0 amide bonds. The number of aryl methyl sites for hydroxylation is 1. The number of fused-ring (bicyclic) bond motifs is 3. The number of esters is 1. The molecule has 0 atom stereocenters. The van der Waals surface area contributed by atoms with E-state index in [1.165, 1.54) is 11.1 Å². The minimum Gasteiger partial charge on any atom is -0.462 e. The van der Waals surface area contributed by atoms with Crippen LogP contribution in [0, 0.1) is 0 Å². The number of carbonyl (C=O) groups excluding carboxylic acids is 1. The van der Waals surface area contributed by atoms with E-state index in [-0.39, 0.29) is 5.97 Å². The predicted molar refractivity (Wildman–Crippen MR) is 77.8 cm³/mol. The molecule has 0 N–H and O–H groups in total.